The van der Waals surface area contributed by atoms with Gasteiger partial charge in [0, 0.05) is 36.8 Å². The molecule has 2 saturated heterocycles. The van der Waals surface area contributed by atoms with Gasteiger partial charge in [-0.05, 0) is 68.9 Å². The van der Waals surface area contributed by atoms with Crippen LogP contribution in [0.4, 0.5) is 17.8 Å². The first-order chi connectivity index (χ1) is 16.7. The van der Waals surface area contributed by atoms with Crippen molar-refractivity contribution in [3.05, 3.63) is 46.1 Å². The number of halogens is 2. The first kappa shape index (κ1) is 22.9. The Labute approximate surface area is 209 Å². The summed E-state index contributed by atoms with van der Waals surface area (Å²) in [5.74, 6) is 3.08. The molecule has 1 aromatic carbocycles. The molecule has 0 spiro atoms. The summed E-state index contributed by atoms with van der Waals surface area (Å²) in [5.41, 5.74) is 3.74. The van der Waals surface area contributed by atoms with Gasteiger partial charge in [-0.25, -0.2) is 5.43 Å². The fourth-order valence-electron chi connectivity index (χ4n) is 4.28. The van der Waals surface area contributed by atoms with Gasteiger partial charge in [-0.15, -0.1) is 0 Å². The van der Waals surface area contributed by atoms with Crippen molar-refractivity contribution < 1.29 is 4.42 Å². The molecule has 178 valence electrons. The van der Waals surface area contributed by atoms with E-state index in [-0.39, 0.29) is 0 Å². The van der Waals surface area contributed by atoms with Crippen LogP contribution in [0.3, 0.4) is 0 Å². The van der Waals surface area contributed by atoms with E-state index in [1.54, 1.807) is 18.3 Å². The number of hydrogen-bond acceptors (Lipinski definition) is 8. The van der Waals surface area contributed by atoms with Crippen molar-refractivity contribution in [3.8, 4) is 11.3 Å². The molecule has 8 nitrogen and oxygen atoms in total. The highest BCUT2D eigenvalue weighted by atomic mass is 35.5. The van der Waals surface area contributed by atoms with Crippen LogP contribution < -0.4 is 15.2 Å². The number of anilines is 3. The van der Waals surface area contributed by atoms with Crippen LogP contribution in [0.25, 0.3) is 11.3 Å². The number of nitrogens with one attached hydrogen (secondary N) is 1. The van der Waals surface area contributed by atoms with E-state index in [0.29, 0.717) is 39.4 Å². The molecule has 0 radical (unpaired) electrons. The number of benzene rings is 1. The number of hydrazone groups is 1. The van der Waals surface area contributed by atoms with Crippen LogP contribution in [0.5, 0.6) is 0 Å². The topological polar surface area (TPSA) is 82.7 Å². The Kier molecular flexibility index (Phi) is 7.16. The van der Waals surface area contributed by atoms with Gasteiger partial charge in [0.1, 0.15) is 11.5 Å². The van der Waals surface area contributed by atoms with Crippen LogP contribution in [0.1, 0.15) is 44.3 Å². The first-order valence-corrected chi connectivity index (χ1v) is 12.5. The van der Waals surface area contributed by atoms with Gasteiger partial charge in [0.25, 0.3) is 0 Å². The Morgan fingerprint density at radius 3 is 2.09 bits per heavy atom. The van der Waals surface area contributed by atoms with E-state index in [1.807, 2.05) is 18.2 Å². The van der Waals surface area contributed by atoms with Crippen LogP contribution in [0.2, 0.25) is 10.0 Å². The number of hydrogen-bond donors (Lipinski definition) is 1. The minimum Gasteiger partial charge on any atom is -0.455 e. The predicted octanol–water partition coefficient (Wildman–Crippen LogP) is 5.87. The lowest BCUT2D eigenvalue weighted by molar-refractivity contribution is 0.556. The Balaban J connectivity index is 1.33. The average Bonchev–Trinajstić information content (AvgIpc) is 3.33. The summed E-state index contributed by atoms with van der Waals surface area (Å²) >= 11 is 12.3. The van der Waals surface area contributed by atoms with Gasteiger partial charge >= 0.3 is 0 Å². The number of furan rings is 1. The lowest BCUT2D eigenvalue weighted by atomic mass is 10.1. The maximum atomic E-state index is 6.29. The highest BCUT2D eigenvalue weighted by Gasteiger charge is 2.20. The zero-order valence-electron chi connectivity index (χ0n) is 18.9. The van der Waals surface area contributed by atoms with Gasteiger partial charge in [-0.2, -0.15) is 20.1 Å². The molecule has 10 heteroatoms. The fourth-order valence-corrected chi connectivity index (χ4v) is 4.79. The van der Waals surface area contributed by atoms with Crippen LogP contribution in [0.15, 0.2) is 39.9 Å². The van der Waals surface area contributed by atoms with Gasteiger partial charge in [0.05, 0.1) is 11.2 Å². The summed E-state index contributed by atoms with van der Waals surface area (Å²) < 4.78 is 5.88. The molecule has 2 fully saturated rings. The van der Waals surface area contributed by atoms with E-state index >= 15 is 0 Å². The molecule has 5 rings (SSSR count). The molecule has 4 heterocycles. The second-order valence-corrected chi connectivity index (χ2v) is 9.39. The number of aromatic nitrogens is 3. The van der Waals surface area contributed by atoms with Crippen LogP contribution in [-0.2, 0) is 0 Å². The molecular weight excluding hydrogens is 473 g/mol. The molecule has 0 unspecified atom stereocenters. The van der Waals surface area contributed by atoms with Crippen molar-refractivity contribution in [3.63, 3.8) is 0 Å². The zero-order valence-corrected chi connectivity index (χ0v) is 20.4. The Morgan fingerprint density at radius 1 is 0.824 bits per heavy atom. The third kappa shape index (κ3) is 5.45. The largest absolute Gasteiger partial charge is 0.455 e. The van der Waals surface area contributed by atoms with Crippen LogP contribution in [-0.4, -0.2) is 47.3 Å². The fraction of sp³-hybridized carbons (Fsp3) is 0.417. The standard InChI is InChI=1S/C24H27Cl2N7O/c25-17-7-9-19(20(26)15-17)21-10-8-18(34-21)16-27-31-22-28-23(32-11-3-1-4-12-32)30-24(29-22)33-13-5-2-6-14-33/h7-10,15-16H,1-6,11-14H2,(H,28,29,30,31). The van der Waals surface area contributed by atoms with Crippen molar-refractivity contribution in [2.24, 2.45) is 5.10 Å². The summed E-state index contributed by atoms with van der Waals surface area (Å²) in [6.07, 6.45) is 8.73. The molecule has 34 heavy (non-hydrogen) atoms. The van der Waals surface area contributed by atoms with Crippen LogP contribution in [0, 0.1) is 0 Å². The smallest absolute Gasteiger partial charge is 0.250 e. The van der Waals surface area contributed by atoms with Crippen molar-refractivity contribution in [1.82, 2.24) is 15.0 Å². The maximum absolute atomic E-state index is 6.29. The summed E-state index contributed by atoms with van der Waals surface area (Å²) in [7, 11) is 0. The molecule has 2 aliphatic rings. The van der Waals surface area contributed by atoms with E-state index in [4.69, 9.17) is 32.6 Å². The second kappa shape index (κ2) is 10.6. The number of piperidine rings is 2. The molecule has 0 aliphatic carbocycles. The molecule has 0 amide bonds. The molecule has 1 N–H and O–H groups in total. The van der Waals surface area contributed by atoms with Gasteiger partial charge in [0.15, 0.2) is 0 Å². The third-order valence-electron chi connectivity index (χ3n) is 6.07. The number of nitrogens with zero attached hydrogens (tertiary/aromatic N) is 6. The lowest BCUT2D eigenvalue weighted by Crippen LogP contribution is -2.34. The molecular formula is C24H27Cl2N7O. The lowest BCUT2D eigenvalue weighted by Gasteiger charge is -2.30. The monoisotopic (exact) mass is 499 g/mol. The predicted molar refractivity (Wildman–Crippen MR) is 137 cm³/mol. The van der Waals surface area contributed by atoms with E-state index in [2.05, 4.69) is 30.3 Å². The first-order valence-electron chi connectivity index (χ1n) is 11.8. The quantitative estimate of drug-likeness (QED) is 0.335. The molecule has 0 bridgehead atoms. The van der Waals surface area contributed by atoms with Crippen LogP contribution >= 0.6 is 23.2 Å². The van der Waals surface area contributed by atoms with Crippen molar-refractivity contribution in [1.29, 1.82) is 0 Å². The van der Waals surface area contributed by atoms with E-state index in [0.717, 1.165) is 57.4 Å². The number of rotatable bonds is 6. The van der Waals surface area contributed by atoms with Gasteiger partial charge in [-0.1, -0.05) is 23.2 Å². The Bertz CT molecular complexity index is 1120. The van der Waals surface area contributed by atoms with E-state index in [1.165, 1.54) is 12.8 Å². The van der Waals surface area contributed by atoms with E-state index in [9.17, 15) is 0 Å². The second-order valence-electron chi connectivity index (χ2n) is 8.55. The summed E-state index contributed by atoms with van der Waals surface area (Å²) in [5, 5.41) is 5.43. The van der Waals surface area contributed by atoms with Gasteiger partial charge < -0.3 is 14.2 Å². The average molecular weight is 500 g/mol. The molecule has 2 aliphatic heterocycles. The minimum absolute atomic E-state index is 0.430. The SMILES string of the molecule is Clc1ccc(-c2ccc(C=NNc3nc(N4CCCCC4)nc(N4CCCCC4)n3)o2)c(Cl)c1. The van der Waals surface area contributed by atoms with E-state index < -0.39 is 0 Å². The molecule has 3 aromatic rings. The Hall–Kier alpha value is -2.84. The summed E-state index contributed by atoms with van der Waals surface area (Å²) in [6, 6.07) is 8.98. The van der Waals surface area contributed by atoms with Crippen molar-refractivity contribution in [2.45, 2.75) is 38.5 Å². The van der Waals surface area contributed by atoms with Crippen molar-refractivity contribution >= 4 is 47.3 Å². The highest BCUT2D eigenvalue weighted by Crippen LogP contribution is 2.31. The highest BCUT2D eigenvalue weighted by molar-refractivity contribution is 6.36. The summed E-state index contributed by atoms with van der Waals surface area (Å²) in [6.45, 7) is 3.87. The molecule has 0 saturated carbocycles. The van der Waals surface area contributed by atoms with Crippen molar-refractivity contribution in [2.75, 3.05) is 41.4 Å². The van der Waals surface area contributed by atoms with Gasteiger partial charge in [-0.3, -0.25) is 0 Å². The Morgan fingerprint density at radius 2 is 1.47 bits per heavy atom. The van der Waals surface area contributed by atoms with Gasteiger partial charge in [0.2, 0.25) is 17.8 Å². The zero-order chi connectivity index (χ0) is 23.3. The third-order valence-corrected chi connectivity index (χ3v) is 6.62. The minimum atomic E-state index is 0.430. The molecule has 2 aromatic heterocycles. The molecule has 0 atom stereocenters. The summed E-state index contributed by atoms with van der Waals surface area (Å²) in [4.78, 5) is 18.6. The maximum Gasteiger partial charge on any atom is 0.250 e. The normalized spacial score (nSPS) is 16.9.